The van der Waals surface area contributed by atoms with E-state index in [-0.39, 0.29) is 81.3 Å². The molecule has 0 spiro atoms. The van der Waals surface area contributed by atoms with Crippen LogP contribution in [0.15, 0.2) is 66.2 Å². The smallest absolute Gasteiger partial charge is 0.444 e. The number of amides is 10. The van der Waals surface area contributed by atoms with E-state index >= 15 is 0 Å². The first kappa shape index (κ1) is 61.7. The van der Waals surface area contributed by atoms with Gasteiger partial charge in [0.15, 0.2) is 0 Å². The van der Waals surface area contributed by atoms with E-state index in [0.717, 1.165) is 26.6 Å². The molecule has 2 unspecified atom stereocenters. The summed E-state index contributed by atoms with van der Waals surface area (Å²) in [6, 6.07) is 10.2. The largest absolute Gasteiger partial charge is 0.509 e. The number of carbonyl (C=O) groups is 10. The summed E-state index contributed by atoms with van der Waals surface area (Å²) in [4.78, 5) is 144. The van der Waals surface area contributed by atoms with Gasteiger partial charge >= 0.3 is 18.3 Å². The molecule has 0 radical (unpaired) electrons. The van der Waals surface area contributed by atoms with Gasteiger partial charge in [-0.05, 0) is 110 Å². The van der Waals surface area contributed by atoms with E-state index in [1.165, 1.54) is 52.7 Å². The number of hydrogen-bond donors (Lipinski definition) is 6. The number of unbranched alkanes of at least 4 members (excludes halogenated alkanes) is 2. The SMILES string of the molecule is Cc1ncsc1-c1ccc([C@H](C)NC(=O)[C@@H]2C[C@@H](OC(=O)OC(C(=O)N3CCN(C)CC3)c3ccc(NC(=O)C(CCCNC(N)=O)NC(=O)C4(C(=O)NCCCCCN5C(=O)C=CC5=O)CCC4)cc3)CN2C(=O)OC(C)(C)C)cc1. The second-order valence-corrected chi connectivity index (χ2v) is 23.0. The summed E-state index contributed by atoms with van der Waals surface area (Å²) in [6.07, 6.45) is 0.860. The van der Waals surface area contributed by atoms with Crippen molar-refractivity contribution in [2.45, 2.75) is 128 Å². The van der Waals surface area contributed by atoms with Crippen LogP contribution in [0.25, 0.3) is 10.4 Å². The Morgan fingerprint density at radius 1 is 0.829 bits per heavy atom. The number of carbonyl (C=O) groups excluding carboxylic acids is 10. The van der Waals surface area contributed by atoms with Gasteiger partial charge in [0.25, 0.3) is 17.7 Å². The molecule has 3 aliphatic heterocycles. The number of thiazole rings is 1. The third-order valence-electron chi connectivity index (χ3n) is 14.9. The summed E-state index contributed by atoms with van der Waals surface area (Å²) in [5.74, 6) is -3.50. The minimum Gasteiger partial charge on any atom is -0.444 e. The molecule has 3 aromatic rings. The molecule has 442 valence electrons. The van der Waals surface area contributed by atoms with Gasteiger partial charge in [-0.2, -0.15) is 0 Å². The summed E-state index contributed by atoms with van der Waals surface area (Å²) in [5, 5.41) is 13.9. The summed E-state index contributed by atoms with van der Waals surface area (Å²) < 4.78 is 17.3. The number of likely N-dealkylation sites (N-methyl/N-ethyl adjacent to an activating group) is 1. The Balaban J connectivity index is 0.999. The normalized spacial score (nSPS) is 18.8. The number of anilines is 1. The third-order valence-corrected chi connectivity index (χ3v) is 15.9. The van der Waals surface area contributed by atoms with Crippen LogP contribution in [-0.4, -0.2) is 167 Å². The van der Waals surface area contributed by atoms with Crippen molar-refractivity contribution in [2.24, 2.45) is 11.1 Å². The number of nitrogens with zero attached hydrogens (tertiary/aromatic N) is 5. The van der Waals surface area contributed by atoms with Crippen LogP contribution in [0.5, 0.6) is 0 Å². The molecule has 25 heteroatoms. The zero-order chi connectivity index (χ0) is 59.3. The van der Waals surface area contributed by atoms with Crippen molar-refractivity contribution in [1.29, 1.82) is 0 Å². The topological polar surface area (TPSA) is 310 Å². The Bertz CT molecular complexity index is 2840. The maximum atomic E-state index is 14.3. The molecule has 7 rings (SSSR count). The molecular formula is C57H75N11O13S. The quantitative estimate of drug-likeness (QED) is 0.0327. The lowest BCUT2D eigenvalue weighted by molar-refractivity contribution is -0.151. The van der Waals surface area contributed by atoms with Crippen molar-refractivity contribution >= 4 is 76.7 Å². The molecule has 5 atom stereocenters. The number of likely N-dealkylation sites (tertiary alicyclic amines) is 1. The molecule has 4 heterocycles. The Labute approximate surface area is 480 Å². The van der Waals surface area contributed by atoms with Gasteiger partial charge in [0, 0.05) is 75.6 Å². The molecule has 7 N–H and O–H groups in total. The van der Waals surface area contributed by atoms with Crippen molar-refractivity contribution in [3.8, 4) is 10.4 Å². The summed E-state index contributed by atoms with van der Waals surface area (Å²) in [6.45, 7) is 11.0. The van der Waals surface area contributed by atoms with Crippen LogP contribution in [0.2, 0.25) is 0 Å². The second-order valence-electron chi connectivity index (χ2n) is 22.1. The lowest BCUT2D eigenvalue weighted by Gasteiger charge is -2.39. The van der Waals surface area contributed by atoms with Crippen molar-refractivity contribution in [1.82, 2.24) is 45.9 Å². The molecule has 2 aromatic carbocycles. The first-order chi connectivity index (χ1) is 39.0. The predicted molar refractivity (Wildman–Crippen MR) is 301 cm³/mol. The van der Waals surface area contributed by atoms with Crippen LogP contribution >= 0.6 is 11.3 Å². The summed E-state index contributed by atoms with van der Waals surface area (Å²) in [7, 11) is 1.92. The van der Waals surface area contributed by atoms with E-state index in [9.17, 15) is 47.9 Å². The number of nitrogens with one attached hydrogen (secondary N) is 5. The number of aromatic nitrogens is 1. The maximum absolute atomic E-state index is 14.3. The Morgan fingerprint density at radius 3 is 2.10 bits per heavy atom. The fourth-order valence-electron chi connectivity index (χ4n) is 10.00. The van der Waals surface area contributed by atoms with Crippen molar-refractivity contribution < 1.29 is 62.2 Å². The number of primary amides is 1. The third kappa shape index (κ3) is 16.2. The number of hydrogen-bond acceptors (Lipinski definition) is 16. The highest BCUT2D eigenvalue weighted by molar-refractivity contribution is 7.13. The second kappa shape index (κ2) is 27.7. The van der Waals surface area contributed by atoms with Gasteiger partial charge in [0.05, 0.1) is 28.7 Å². The van der Waals surface area contributed by atoms with E-state index in [2.05, 4.69) is 36.5 Å². The van der Waals surface area contributed by atoms with Crippen molar-refractivity contribution in [3.63, 3.8) is 0 Å². The van der Waals surface area contributed by atoms with Gasteiger partial charge in [-0.25, -0.2) is 19.4 Å². The number of imide groups is 1. The predicted octanol–water partition coefficient (Wildman–Crippen LogP) is 4.60. The highest BCUT2D eigenvalue weighted by Gasteiger charge is 2.51. The molecule has 3 fully saturated rings. The summed E-state index contributed by atoms with van der Waals surface area (Å²) >= 11 is 1.53. The van der Waals surface area contributed by atoms with Crippen LogP contribution in [-0.2, 0) is 47.8 Å². The van der Waals surface area contributed by atoms with Gasteiger partial charge in [-0.15, -0.1) is 11.3 Å². The van der Waals surface area contributed by atoms with Crippen LogP contribution in [0, 0.1) is 12.3 Å². The number of ether oxygens (including phenoxy) is 3. The fraction of sp³-hybridized carbons (Fsp3) is 0.526. The highest BCUT2D eigenvalue weighted by atomic mass is 32.1. The minimum absolute atomic E-state index is 0.0486. The van der Waals surface area contributed by atoms with Crippen LogP contribution in [0.4, 0.5) is 20.1 Å². The fourth-order valence-corrected chi connectivity index (χ4v) is 10.8. The molecular weight excluding hydrogens is 1080 g/mol. The molecule has 1 aliphatic carbocycles. The van der Waals surface area contributed by atoms with Gasteiger partial charge < -0.3 is 56.3 Å². The van der Waals surface area contributed by atoms with Gasteiger partial charge in [-0.1, -0.05) is 42.8 Å². The number of urea groups is 1. The molecule has 82 heavy (non-hydrogen) atoms. The van der Waals surface area contributed by atoms with Gasteiger partial charge in [0.2, 0.25) is 29.7 Å². The average Bonchev–Trinajstić information content (AvgIpc) is 3.76. The lowest BCUT2D eigenvalue weighted by Crippen LogP contribution is -2.58. The van der Waals surface area contributed by atoms with Crippen molar-refractivity contribution in [3.05, 3.63) is 83.0 Å². The standard InChI is InChI=1S/C57H75N11O13S/c1-35(37-13-15-39(16-14-37)47-36(2)61-34-82-47)62-49(72)43-32-41(33-68(43)54(77)81-56(3,4)5)79-55(78)80-46(50(73)66-30-28-65(6)29-31-66)38-17-19-40(20-18-38)63-48(71)42(12-10-26-60-53(58)76)64-52(75)57(23-11-24-57)51(74)59-25-8-7-9-27-67-44(69)21-22-45(67)70/h13-22,34-35,41-43,46H,7-12,23-33H2,1-6H3,(H,59,74)(H,62,72)(H,63,71)(H,64,75)(H3,58,60,76)/t35-,41+,42?,43-,46?/m0/s1. The number of piperazine rings is 1. The van der Waals surface area contributed by atoms with Crippen LogP contribution in [0.1, 0.15) is 114 Å². The Kier molecular flexibility index (Phi) is 20.8. The Morgan fingerprint density at radius 2 is 1.49 bits per heavy atom. The number of benzene rings is 2. The van der Waals surface area contributed by atoms with Crippen LogP contribution in [0.3, 0.4) is 0 Å². The number of aryl methyl sites for hydroxylation is 1. The van der Waals surface area contributed by atoms with E-state index in [4.69, 9.17) is 19.9 Å². The lowest BCUT2D eigenvalue weighted by atomic mass is 9.67. The van der Waals surface area contributed by atoms with E-state index < -0.39 is 89.2 Å². The highest BCUT2D eigenvalue weighted by Crippen LogP contribution is 2.42. The molecule has 24 nitrogen and oxygen atoms in total. The molecule has 10 amide bonds. The molecule has 4 aliphatic rings. The van der Waals surface area contributed by atoms with E-state index in [1.54, 1.807) is 31.2 Å². The number of nitrogens with two attached hydrogens (primary N) is 1. The zero-order valence-corrected chi connectivity index (χ0v) is 48.1. The van der Waals surface area contributed by atoms with Crippen molar-refractivity contribution in [2.75, 3.05) is 64.7 Å². The first-order valence-electron chi connectivity index (χ1n) is 27.7. The average molecular weight is 1150 g/mol. The van der Waals surface area contributed by atoms with E-state index in [0.29, 0.717) is 51.9 Å². The molecule has 1 aromatic heterocycles. The maximum Gasteiger partial charge on any atom is 0.509 e. The molecule has 1 saturated carbocycles. The monoisotopic (exact) mass is 1150 g/mol. The zero-order valence-electron chi connectivity index (χ0n) is 47.3. The van der Waals surface area contributed by atoms with Gasteiger partial charge in [-0.3, -0.25) is 43.4 Å². The summed E-state index contributed by atoms with van der Waals surface area (Å²) in [5.41, 5.74) is 7.92. The van der Waals surface area contributed by atoms with Gasteiger partial charge in [0.1, 0.15) is 29.2 Å². The molecule has 2 saturated heterocycles. The van der Waals surface area contributed by atoms with E-state index in [1.807, 2.05) is 45.2 Å². The molecule has 0 bridgehead atoms. The Hall–Kier alpha value is -7.93. The minimum atomic E-state index is -1.52. The van der Waals surface area contributed by atoms with Crippen LogP contribution < -0.4 is 32.3 Å². The number of rotatable bonds is 23. The first-order valence-corrected chi connectivity index (χ1v) is 28.6.